The van der Waals surface area contributed by atoms with Crippen LogP contribution in [0.5, 0.6) is 0 Å². The second-order valence-corrected chi connectivity index (χ2v) is 5.74. The molecule has 0 saturated carbocycles. The average molecular weight is 488 g/mol. The molecule has 1 aromatic carbocycles. The van der Waals surface area contributed by atoms with Crippen molar-refractivity contribution in [1.29, 1.82) is 0 Å². The molecule has 0 bridgehead atoms. The van der Waals surface area contributed by atoms with Gasteiger partial charge in [0.25, 0.3) is 5.91 Å². The number of nitrogens with zero attached hydrogens (tertiary/aromatic N) is 2. The standard InChI is InChI=1S/C18H22ClN5O.HI/c1-20-18(23-10-8-14-4-6-16(19)7-5-14)24-12-11-22-17(25)15-3-2-9-21-13-15;/h2-7,9,13H,8,10-12H2,1H3,(H,22,25)(H2,20,23,24);1H. The summed E-state index contributed by atoms with van der Waals surface area (Å²) in [4.78, 5) is 20.0. The van der Waals surface area contributed by atoms with Crippen molar-refractivity contribution in [3.8, 4) is 0 Å². The zero-order valence-corrected chi connectivity index (χ0v) is 17.6. The highest BCUT2D eigenvalue weighted by molar-refractivity contribution is 14.0. The van der Waals surface area contributed by atoms with Crippen molar-refractivity contribution >= 4 is 47.4 Å². The van der Waals surface area contributed by atoms with Crippen LogP contribution in [0.2, 0.25) is 5.02 Å². The molecule has 0 saturated heterocycles. The van der Waals surface area contributed by atoms with Crippen LogP contribution in [-0.4, -0.2) is 43.5 Å². The first-order chi connectivity index (χ1) is 12.2. The highest BCUT2D eigenvalue weighted by Crippen LogP contribution is 2.09. The van der Waals surface area contributed by atoms with Crippen molar-refractivity contribution in [3.05, 3.63) is 64.9 Å². The number of carbonyl (C=O) groups is 1. The lowest BCUT2D eigenvalue weighted by atomic mass is 10.1. The van der Waals surface area contributed by atoms with Crippen molar-refractivity contribution in [2.45, 2.75) is 6.42 Å². The third kappa shape index (κ3) is 8.01. The molecule has 0 aliphatic carbocycles. The summed E-state index contributed by atoms with van der Waals surface area (Å²) >= 11 is 5.87. The van der Waals surface area contributed by atoms with E-state index in [4.69, 9.17) is 11.6 Å². The fourth-order valence-electron chi connectivity index (χ4n) is 2.15. The minimum atomic E-state index is -0.138. The first kappa shape index (κ1) is 22.2. The molecule has 0 atom stereocenters. The summed E-state index contributed by atoms with van der Waals surface area (Å²) in [5, 5.41) is 9.96. The van der Waals surface area contributed by atoms with Gasteiger partial charge in [-0.05, 0) is 36.2 Å². The summed E-state index contributed by atoms with van der Waals surface area (Å²) in [6, 6.07) is 11.2. The van der Waals surface area contributed by atoms with Crippen LogP contribution in [-0.2, 0) is 6.42 Å². The van der Waals surface area contributed by atoms with Crippen LogP contribution >= 0.6 is 35.6 Å². The minimum Gasteiger partial charge on any atom is -0.356 e. The SMILES string of the molecule is CN=C(NCCNC(=O)c1cccnc1)NCCc1ccc(Cl)cc1.I. The zero-order valence-electron chi connectivity index (χ0n) is 14.5. The van der Waals surface area contributed by atoms with Gasteiger partial charge in [0.15, 0.2) is 5.96 Å². The van der Waals surface area contributed by atoms with E-state index in [1.54, 1.807) is 31.6 Å². The topological polar surface area (TPSA) is 78.4 Å². The van der Waals surface area contributed by atoms with Crippen LogP contribution in [0.3, 0.4) is 0 Å². The van der Waals surface area contributed by atoms with Gasteiger partial charge in [-0.1, -0.05) is 23.7 Å². The van der Waals surface area contributed by atoms with E-state index in [1.807, 2.05) is 24.3 Å². The van der Waals surface area contributed by atoms with Gasteiger partial charge in [0.05, 0.1) is 5.56 Å². The zero-order chi connectivity index (χ0) is 17.9. The predicted octanol–water partition coefficient (Wildman–Crippen LogP) is 2.49. The van der Waals surface area contributed by atoms with Crippen molar-refractivity contribution in [2.24, 2.45) is 4.99 Å². The monoisotopic (exact) mass is 487 g/mol. The van der Waals surface area contributed by atoms with E-state index >= 15 is 0 Å². The molecule has 0 radical (unpaired) electrons. The van der Waals surface area contributed by atoms with Gasteiger partial charge in [-0.25, -0.2) is 0 Å². The number of hydrogen-bond acceptors (Lipinski definition) is 3. The van der Waals surface area contributed by atoms with Gasteiger partial charge in [0.1, 0.15) is 0 Å². The molecule has 26 heavy (non-hydrogen) atoms. The van der Waals surface area contributed by atoms with Gasteiger partial charge in [-0.15, -0.1) is 24.0 Å². The Morgan fingerprint density at radius 1 is 1.08 bits per heavy atom. The molecule has 0 spiro atoms. The first-order valence-electron chi connectivity index (χ1n) is 8.06. The van der Waals surface area contributed by atoms with Crippen molar-refractivity contribution in [1.82, 2.24) is 20.9 Å². The fourth-order valence-corrected chi connectivity index (χ4v) is 2.28. The van der Waals surface area contributed by atoms with Crippen LogP contribution in [0.15, 0.2) is 53.8 Å². The van der Waals surface area contributed by atoms with Crippen molar-refractivity contribution in [3.63, 3.8) is 0 Å². The van der Waals surface area contributed by atoms with Crippen LogP contribution in [0.1, 0.15) is 15.9 Å². The summed E-state index contributed by atoms with van der Waals surface area (Å²) < 4.78 is 0. The molecular formula is C18H23ClIN5O. The Hall–Kier alpha value is -1.87. The first-order valence-corrected chi connectivity index (χ1v) is 8.44. The Bertz CT molecular complexity index is 694. The van der Waals surface area contributed by atoms with E-state index in [0.29, 0.717) is 24.6 Å². The normalized spacial score (nSPS) is 10.6. The number of aromatic nitrogens is 1. The Morgan fingerprint density at radius 3 is 2.42 bits per heavy atom. The lowest BCUT2D eigenvalue weighted by molar-refractivity contribution is 0.0954. The third-order valence-electron chi connectivity index (χ3n) is 3.47. The lowest BCUT2D eigenvalue weighted by Gasteiger charge is -2.12. The second kappa shape index (κ2) is 12.5. The number of rotatable bonds is 7. The number of carbonyl (C=O) groups excluding carboxylic acids is 1. The lowest BCUT2D eigenvalue weighted by Crippen LogP contribution is -2.42. The summed E-state index contributed by atoms with van der Waals surface area (Å²) in [6.45, 7) is 1.82. The molecule has 0 unspecified atom stereocenters. The number of halogens is 2. The van der Waals surface area contributed by atoms with E-state index in [9.17, 15) is 4.79 Å². The van der Waals surface area contributed by atoms with E-state index in [1.165, 1.54) is 5.56 Å². The Labute approximate surface area is 175 Å². The molecule has 3 N–H and O–H groups in total. The molecule has 8 heteroatoms. The molecule has 2 rings (SSSR count). The van der Waals surface area contributed by atoms with Gasteiger partial charge in [-0.3, -0.25) is 14.8 Å². The predicted molar refractivity (Wildman–Crippen MR) is 117 cm³/mol. The van der Waals surface area contributed by atoms with Gasteiger partial charge in [0, 0.05) is 44.1 Å². The van der Waals surface area contributed by atoms with Gasteiger partial charge < -0.3 is 16.0 Å². The Kier molecular flexibility index (Phi) is 10.6. The number of nitrogens with one attached hydrogen (secondary N) is 3. The molecule has 140 valence electrons. The molecule has 6 nitrogen and oxygen atoms in total. The summed E-state index contributed by atoms with van der Waals surface area (Å²) in [7, 11) is 1.71. The molecule has 1 aromatic heterocycles. The molecule has 1 amide bonds. The average Bonchev–Trinajstić information content (AvgIpc) is 2.65. The highest BCUT2D eigenvalue weighted by Gasteiger charge is 2.04. The minimum absolute atomic E-state index is 0. The van der Waals surface area contributed by atoms with Crippen molar-refractivity contribution < 1.29 is 4.79 Å². The summed E-state index contributed by atoms with van der Waals surface area (Å²) in [5.74, 6) is 0.560. The van der Waals surface area contributed by atoms with E-state index in [2.05, 4.69) is 25.9 Å². The van der Waals surface area contributed by atoms with E-state index in [-0.39, 0.29) is 29.9 Å². The van der Waals surface area contributed by atoms with Gasteiger partial charge in [0.2, 0.25) is 0 Å². The largest absolute Gasteiger partial charge is 0.356 e. The van der Waals surface area contributed by atoms with E-state index < -0.39 is 0 Å². The number of aliphatic imine (C=N–C) groups is 1. The van der Waals surface area contributed by atoms with Gasteiger partial charge >= 0.3 is 0 Å². The number of benzene rings is 1. The molecular weight excluding hydrogens is 465 g/mol. The van der Waals surface area contributed by atoms with Crippen LogP contribution in [0, 0.1) is 0 Å². The van der Waals surface area contributed by atoms with E-state index in [0.717, 1.165) is 18.0 Å². The summed E-state index contributed by atoms with van der Waals surface area (Å²) in [6.07, 6.45) is 4.05. The molecule has 0 aliphatic rings. The Morgan fingerprint density at radius 2 is 1.77 bits per heavy atom. The second-order valence-electron chi connectivity index (χ2n) is 5.30. The molecule has 0 fully saturated rings. The maximum absolute atomic E-state index is 11.9. The number of pyridine rings is 1. The highest BCUT2D eigenvalue weighted by atomic mass is 127. The van der Waals surface area contributed by atoms with Gasteiger partial charge in [-0.2, -0.15) is 0 Å². The van der Waals surface area contributed by atoms with Crippen LogP contribution < -0.4 is 16.0 Å². The van der Waals surface area contributed by atoms with Crippen molar-refractivity contribution in [2.75, 3.05) is 26.7 Å². The molecule has 2 aromatic rings. The maximum atomic E-state index is 11.9. The summed E-state index contributed by atoms with van der Waals surface area (Å²) in [5.41, 5.74) is 1.75. The van der Waals surface area contributed by atoms with Crippen LogP contribution in [0.25, 0.3) is 0 Å². The maximum Gasteiger partial charge on any atom is 0.252 e. The molecule has 0 aliphatic heterocycles. The fraction of sp³-hybridized carbons (Fsp3) is 0.278. The molecule has 1 heterocycles. The quantitative estimate of drug-likeness (QED) is 0.243. The number of amides is 1. The third-order valence-corrected chi connectivity index (χ3v) is 3.72. The Balaban J connectivity index is 0.00000338. The van der Waals surface area contributed by atoms with Crippen LogP contribution in [0.4, 0.5) is 0 Å². The number of guanidine groups is 1. The smallest absolute Gasteiger partial charge is 0.252 e. The number of hydrogen-bond donors (Lipinski definition) is 3.